The second kappa shape index (κ2) is 6.20. The number of imide groups is 1. The predicted molar refractivity (Wildman–Crippen MR) is 101 cm³/mol. The van der Waals surface area contributed by atoms with Crippen LogP contribution in [0.1, 0.15) is 31.1 Å². The molecule has 1 aliphatic rings. The number of benzene rings is 2. The lowest BCUT2D eigenvalue weighted by Crippen LogP contribution is -2.24. The number of fused-ring (bicyclic) bond motifs is 1. The lowest BCUT2D eigenvalue weighted by molar-refractivity contribution is 0.0696. The monoisotopic (exact) mass is 375 g/mol. The smallest absolute Gasteiger partial charge is 0.335 e. The summed E-state index contributed by atoms with van der Waals surface area (Å²) in [5.74, 6) is -2.44. The molecule has 8 nitrogen and oxygen atoms in total. The largest absolute Gasteiger partial charge is 0.478 e. The predicted octanol–water partition coefficient (Wildman–Crippen LogP) is 1.67. The van der Waals surface area contributed by atoms with Crippen LogP contribution >= 0.6 is 0 Å². The van der Waals surface area contributed by atoms with Crippen LogP contribution in [-0.4, -0.2) is 27.5 Å². The van der Waals surface area contributed by atoms with Gasteiger partial charge in [0.1, 0.15) is 5.82 Å². The Hall–Kier alpha value is -4.20. The zero-order chi connectivity index (χ0) is 20.0. The number of carbonyl (C=O) groups is 3. The van der Waals surface area contributed by atoms with Crippen LogP contribution in [0.4, 0.5) is 5.82 Å². The van der Waals surface area contributed by atoms with Crippen molar-refractivity contribution in [3.05, 3.63) is 81.6 Å². The molecule has 2 aromatic carbocycles. The van der Waals surface area contributed by atoms with E-state index >= 15 is 0 Å². The lowest BCUT2D eigenvalue weighted by atomic mass is 10.0. The summed E-state index contributed by atoms with van der Waals surface area (Å²) in [7, 11) is 0. The molecule has 1 aliphatic heterocycles. The average Bonchev–Trinajstić information content (AvgIpc) is 2.95. The summed E-state index contributed by atoms with van der Waals surface area (Å²) in [6.07, 6.45) is 0. The van der Waals surface area contributed by atoms with E-state index in [1.165, 1.54) is 12.1 Å². The molecule has 0 bridgehead atoms. The first kappa shape index (κ1) is 17.2. The first-order valence-corrected chi connectivity index (χ1v) is 8.22. The van der Waals surface area contributed by atoms with Crippen LogP contribution in [0.3, 0.4) is 0 Å². The Balaban J connectivity index is 1.84. The quantitative estimate of drug-likeness (QED) is 0.597. The van der Waals surface area contributed by atoms with Crippen molar-refractivity contribution in [3.8, 4) is 16.8 Å². The van der Waals surface area contributed by atoms with Crippen LogP contribution in [0.2, 0.25) is 0 Å². The third kappa shape index (κ3) is 2.64. The summed E-state index contributed by atoms with van der Waals surface area (Å²) in [6.45, 7) is 0. The maximum atomic E-state index is 12.5. The van der Waals surface area contributed by atoms with Crippen LogP contribution in [0.15, 0.2) is 59.4 Å². The maximum absolute atomic E-state index is 12.5. The molecular formula is C20H13N3O5. The number of carboxylic acid groups (broad SMARTS) is 1. The van der Waals surface area contributed by atoms with Gasteiger partial charge in [0.05, 0.1) is 22.4 Å². The standard InChI is InChI=1S/C20H13N3O5/c21-17-16-14(18(25)22-19(16)26)9-15(24)23(17)13-3-1-2-12(8-13)10-4-6-11(7-5-10)20(27)28/h1-9H,21H2,(H,27,28)(H,22,25,26). The molecule has 4 N–H and O–H groups in total. The van der Waals surface area contributed by atoms with Crippen LogP contribution in [0.5, 0.6) is 0 Å². The van der Waals surface area contributed by atoms with Crippen LogP contribution in [-0.2, 0) is 0 Å². The number of carboxylic acids is 1. The van der Waals surface area contributed by atoms with E-state index in [-0.39, 0.29) is 22.5 Å². The van der Waals surface area contributed by atoms with Crippen molar-refractivity contribution >= 4 is 23.6 Å². The molecule has 138 valence electrons. The maximum Gasteiger partial charge on any atom is 0.335 e. The summed E-state index contributed by atoms with van der Waals surface area (Å²) in [5.41, 5.74) is 7.48. The van der Waals surface area contributed by atoms with Crippen molar-refractivity contribution in [2.24, 2.45) is 0 Å². The van der Waals surface area contributed by atoms with E-state index in [9.17, 15) is 19.2 Å². The van der Waals surface area contributed by atoms with Crippen molar-refractivity contribution in [1.82, 2.24) is 9.88 Å². The molecule has 0 saturated carbocycles. The van der Waals surface area contributed by atoms with E-state index in [0.29, 0.717) is 5.69 Å². The first-order valence-electron chi connectivity index (χ1n) is 8.22. The molecule has 0 unspecified atom stereocenters. The molecule has 0 atom stereocenters. The van der Waals surface area contributed by atoms with Gasteiger partial charge >= 0.3 is 5.97 Å². The zero-order valence-corrected chi connectivity index (χ0v) is 14.3. The van der Waals surface area contributed by atoms with E-state index in [4.69, 9.17) is 10.8 Å². The molecule has 8 heteroatoms. The molecule has 0 fully saturated rings. The van der Waals surface area contributed by atoms with Gasteiger partial charge in [0.25, 0.3) is 17.4 Å². The third-order valence-corrected chi connectivity index (χ3v) is 4.52. The summed E-state index contributed by atoms with van der Waals surface area (Å²) < 4.78 is 1.16. The van der Waals surface area contributed by atoms with Gasteiger partial charge in [-0.05, 0) is 35.4 Å². The average molecular weight is 375 g/mol. The fourth-order valence-corrected chi connectivity index (χ4v) is 3.18. The summed E-state index contributed by atoms with van der Waals surface area (Å²) >= 11 is 0. The highest BCUT2D eigenvalue weighted by Crippen LogP contribution is 2.26. The highest BCUT2D eigenvalue weighted by Gasteiger charge is 2.31. The fourth-order valence-electron chi connectivity index (χ4n) is 3.18. The third-order valence-electron chi connectivity index (χ3n) is 4.52. The van der Waals surface area contributed by atoms with E-state index in [2.05, 4.69) is 5.32 Å². The molecular weight excluding hydrogens is 362 g/mol. The van der Waals surface area contributed by atoms with Crippen LogP contribution < -0.4 is 16.6 Å². The van der Waals surface area contributed by atoms with Crippen molar-refractivity contribution < 1.29 is 19.5 Å². The molecule has 0 radical (unpaired) electrons. The van der Waals surface area contributed by atoms with Gasteiger partial charge in [0.2, 0.25) is 0 Å². The van der Waals surface area contributed by atoms with Gasteiger partial charge in [-0.1, -0.05) is 24.3 Å². The molecule has 3 aromatic rings. The highest BCUT2D eigenvalue weighted by molar-refractivity contribution is 6.23. The Kier molecular flexibility index (Phi) is 3.82. The van der Waals surface area contributed by atoms with Crippen LogP contribution in [0.25, 0.3) is 16.8 Å². The van der Waals surface area contributed by atoms with Gasteiger partial charge < -0.3 is 10.8 Å². The minimum Gasteiger partial charge on any atom is -0.478 e. The number of amides is 2. The van der Waals surface area contributed by atoms with E-state index in [1.807, 2.05) is 0 Å². The van der Waals surface area contributed by atoms with Crippen LogP contribution in [0, 0.1) is 0 Å². The fraction of sp³-hybridized carbons (Fsp3) is 0. The Morgan fingerprint density at radius 1 is 0.929 bits per heavy atom. The SMILES string of the molecule is Nc1c2c(cc(=O)n1-c1cccc(-c3ccc(C(=O)O)cc3)c1)C(=O)NC2=O. The number of hydrogen-bond acceptors (Lipinski definition) is 5. The number of nitrogen functional groups attached to an aromatic ring is 1. The second-order valence-electron chi connectivity index (χ2n) is 6.21. The summed E-state index contributed by atoms with van der Waals surface area (Å²) in [5, 5.41) is 11.1. The number of nitrogens with one attached hydrogen (secondary N) is 1. The van der Waals surface area contributed by atoms with Gasteiger partial charge in [-0.3, -0.25) is 24.3 Å². The first-order chi connectivity index (χ1) is 13.4. The lowest BCUT2D eigenvalue weighted by Gasteiger charge is -2.13. The van der Waals surface area contributed by atoms with Gasteiger partial charge in [-0.25, -0.2) is 4.79 Å². The molecule has 2 heterocycles. The van der Waals surface area contributed by atoms with Gasteiger partial charge in [-0.2, -0.15) is 0 Å². The number of carbonyl (C=O) groups excluding carboxylic acids is 2. The minimum absolute atomic E-state index is 0.0270. The molecule has 4 rings (SSSR count). The number of hydrogen-bond donors (Lipinski definition) is 3. The van der Waals surface area contributed by atoms with E-state index in [0.717, 1.165) is 21.8 Å². The number of nitrogens with two attached hydrogens (primary N) is 1. The van der Waals surface area contributed by atoms with Gasteiger partial charge in [-0.15, -0.1) is 0 Å². The second-order valence-corrected chi connectivity index (χ2v) is 6.21. The number of pyridine rings is 1. The minimum atomic E-state index is -1.02. The van der Waals surface area contributed by atoms with Gasteiger partial charge in [0, 0.05) is 6.07 Å². The molecule has 28 heavy (non-hydrogen) atoms. The van der Waals surface area contributed by atoms with Gasteiger partial charge in [0.15, 0.2) is 0 Å². The topological polar surface area (TPSA) is 131 Å². The molecule has 0 spiro atoms. The summed E-state index contributed by atoms with van der Waals surface area (Å²) in [6, 6.07) is 14.2. The Bertz CT molecular complexity index is 1230. The van der Waals surface area contributed by atoms with Crippen molar-refractivity contribution in [2.45, 2.75) is 0 Å². The normalized spacial score (nSPS) is 12.6. The summed E-state index contributed by atoms with van der Waals surface area (Å²) in [4.78, 5) is 47.3. The molecule has 0 saturated heterocycles. The number of aromatic carboxylic acids is 1. The van der Waals surface area contributed by atoms with E-state index in [1.54, 1.807) is 36.4 Å². The van der Waals surface area contributed by atoms with Crippen molar-refractivity contribution in [2.75, 3.05) is 5.73 Å². The molecule has 2 amide bonds. The zero-order valence-electron chi connectivity index (χ0n) is 14.3. The Morgan fingerprint density at radius 3 is 2.32 bits per heavy atom. The highest BCUT2D eigenvalue weighted by atomic mass is 16.4. The number of nitrogens with zero attached hydrogens (tertiary/aromatic N) is 1. The van der Waals surface area contributed by atoms with Crippen molar-refractivity contribution in [1.29, 1.82) is 0 Å². The van der Waals surface area contributed by atoms with Crippen molar-refractivity contribution in [3.63, 3.8) is 0 Å². The Morgan fingerprint density at radius 2 is 1.64 bits per heavy atom. The van der Waals surface area contributed by atoms with E-state index < -0.39 is 23.3 Å². The Labute approximate surface area is 157 Å². The molecule has 1 aromatic heterocycles. The number of anilines is 1. The number of aromatic nitrogens is 1. The molecule has 0 aliphatic carbocycles. The number of rotatable bonds is 3.